The van der Waals surface area contributed by atoms with Crippen LogP contribution >= 0.6 is 0 Å². The van der Waals surface area contributed by atoms with E-state index in [4.69, 9.17) is 0 Å². The number of hydrogen-bond acceptors (Lipinski definition) is 0. The second kappa shape index (κ2) is 24.5. The minimum absolute atomic E-state index is 0.112. The molecular formula is C110H74. The second-order valence-corrected chi connectivity index (χ2v) is 31.6. The van der Waals surface area contributed by atoms with E-state index >= 15 is 0 Å². The Kier molecular flexibility index (Phi) is 14.2. The van der Waals surface area contributed by atoms with Crippen LogP contribution in [0.5, 0.6) is 0 Å². The zero-order valence-electron chi connectivity index (χ0n) is 61.8. The summed E-state index contributed by atoms with van der Waals surface area (Å²) in [4.78, 5) is 0. The van der Waals surface area contributed by atoms with Gasteiger partial charge < -0.3 is 0 Å². The minimum atomic E-state index is -0.119. The summed E-state index contributed by atoms with van der Waals surface area (Å²) in [5, 5.41) is 28.2. The van der Waals surface area contributed by atoms with Gasteiger partial charge in [0.1, 0.15) is 0 Å². The predicted octanol–water partition coefficient (Wildman–Crippen LogP) is 30.7. The molecule has 2 aliphatic rings. The first-order chi connectivity index (χ1) is 54.1. The Balaban J connectivity index is 0.000000136. The fraction of sp³-hybridized carbons (Fsp3) is 0.0545. The monoisotopic (exact) mass is 1390 g/mol. The molecule has 0 saturated heterocycles. The lowest BCUT2D eigenvalue weighted by Gasteiger charge is -2.25. The zero-order chi connectivity index (χ0) is 73.1. The van der Waals surface area contributed by atoms with Crippen molar-refractivity contribution in [2.45, 2.75) is 38.5 Å². The lowest BCUT2D eigenvalue weighted by molar-refractivity contribution is 0.663. The predicted molar refractivity (Wildman–Crippen MR) is 473 cm³/mol. The molecule has 0 fully saturated rings. The minimum Gasteiger partial charge on any atom is -0.0616 e. The molecule has 0 amide bonds. The van der Waals surface area contributed by atoms with Crippen molar-refractivity contribution in [2.75, 3.05) is 0 Å². The van der Waals surface area contributed by atoms with Gasteiger partial charge in [0, 0.05) is 10.8 Å². The average Bonchev–Trinajstić information content (AvgIpc) is 1.02. The quantitative estimate of drug-likeness (QED) is 0.115. The topological polar surface area (TPSA) is 0 Å². The highest BCUT2D eigenvalue weighted by molar-refractivity contribution is 6.30. The first-order valence-electron chi connectivity index (χ1n) is 38.8. The van der Waals surface area contributed by atoms with E-state index in [2.05, 4.69) is 404 Å². The molecule has 0 unspecified atom stereocenters. The van der Waals surface area contributed by atoms with Gasteiger partial charge in [0.25, 0.3) is 0 Å². The maximum Gasteiger partial charge on any atom is 0.0165 e. The van der Waals surface area contributed by atoms with Crippen LogP contribution in [0.3, 0.4) is 0 Å². The molecule has 514 valence electrons. The molecule has 0 atom stereocenters. The van der Waals surface area contributed by atoms with Gasteiger partial charge in [-0.1, -0.05) is 367 Å². The maximum absolute atomic E-state index is 2.44. The summed E-state index contributed by atoms with van der Waals surface area (Å²) in [5.41, 5.74) is 26.2. The molecule has 0 aliphatic heterocycles. The molecule has 0 N–H and O–H groups in total. The summed E-state index contributed by atoms with van der Waals surface area (Å²) in [5.74, 6) is 0. The lowest BCUT2D eigenvalue weighted by atomic mass is 9.78. The van der Waals surface area contributed by atoms with Crippen molar-refractivity contribution in [3.05, 3.63) is 398 Å². The SMILES string of the molecule is CC1(C)c2cc3ccccc3cc2-c2cccc(-c3ccc(-c4c5ccccc5c(-c5cc6ccc7ccccc7c6c6ccccc56)c5ccccc45)cc3)c21.CC1(C)c2cc3ccccc3cc2-c2cccc(-c3ccc(-c4c5ccccc5c(-c5cc6ccccc6c6ccccc56)c5ccccc45)cc3)c21. The molecule has 0 heteroatoms. The van der Waals surface area contributed by atoms with Crippen molar-refractivity contribution in [1.82, 2.24) is 0 Å². The van der Waals surface area contributed by atoms with Crippen LogP contribution in [0.1, 0.15) is 49.9 Å². The van der Waals surface area contributed by atoms with Gasteiger partial charge in [0.05, 0.1) is 0 Å². The van der Waals surface area contributed by atoms with Crippen molar-refractivity contribution in [3.8, 4) is 89.0 Å². The first-order valence-corrected chi connectivity index (χ1v) is 38.8. The first kappa shape index (κ1) is 63.7. The summed E-state index contributed by atoms with van der Waals surface area (Å²) < 4.78 is 0. The smallest absolute Gasteiger partial charge is 0.0165 e. The highest BCUT2D eigenvalue weighted by Gasteiger charge is 2.40. The summed E-state index contributed by atoms with van der Waals surface area (Å²) in [6.45, 7) is 9.57. The molecular weight excluding hydrogens is 1320 g/mol. The number of fused-ring (bicyclic) bond motifs is 20. The highest BCUT2D eigenvalue weighted by atomic mass is 14.4. The van der Waals surface area contributed by atoms with Gasteiger partial charge in [-0.3, -0.25) is 0 Å². The van der Waals surface area contributed by atoms with E-state index in [1.54, 1.807) is 0 Å². The fourth-order valence-electron chi connectivity index (χ4n) is 20.0. The largest absolute Gasteiger partial charge is 0.0616 e. The van der Waals surface area contributed by atoms with Crippen molar-refractivity contribution in [3.63, 3.8) is 0 Å². The van der Waals surface area contributed by atoms with E-state index in [0.29, 0.717) is 0 Å². The Hall–Kier alpha value is -13.5. The van der Waals surface area contributed by atoms with Gasteiger partial charge in [0.15, 0.2) is 0 Å². The molecule has 0 aromatic heterocycles. The Labute approximate surface area is 640 Å². The van der Waals surface area contributed by atoms with Gasteiger partial charge in [-0.2, -0.15) is 0 Å². The van der Waals surface area contributed by atoms with Crippen LogP contribution in [0, 0.1) is 0 Å². The molecule has 0 nitrogen and oxygen atoms in total. The highest BCUT2D eigenvalue weighted by Crippen LogP contribution is 2.57. The second-order valence-electron chi connectivity index (χ2n) is 31.6. The summed E-state index contributed by atoms with van der Waals surface area (Å²) in [7, 11) is 0. The normalized spacial score (nSPS) is 13.2. The molecule has 0 saturated carbocycles. The van der Waals surface area contributed by atoms with Crippen molar-refractivity contribution in [2.24, 2.45) is 0 Å². The number of rotatable bonds is 6. The van der Waals surface area contributed by atoms with Crippen LogP contribution in [0.15, 0.2) is 376 Å². The van der Waals surface area contributed by atoms with Crippen LogP contribution in [0.2, 0.25) is 0 Å². The van der Waals surface area contributed by atoms with E-state index in [1.807, 2.05) is 0 Å². The van der Waals surface area contributed by atoms with Crippen molar-refractivity contribution < 1.29 is 0 Å². The third kappa shape index (κ3) is 9.59. The molecule has 21 aromatic carbocycles. The van der Waals surface area contributed by atoms with Crippen LogP contribution in [-0.2, 0) is 10.8 Å². The number of hydrogen-bond donors (Lipinski definition) is 0. The van der Waals surface area contributed by atoms with Crippen LogP contribution < -0.4 is 0 Å². The van der Waals surface area contributed by atoms with E-state index < -0.39 is 0 Å². The van der Waals surface area contributed by atoms with Crippen LogP contribution in [0.25, 0.3) is 208 Å². The lowest BCUT2D eigenvalue weighted by Crippen LogP contribution is -2.16. The van der Waals surface area contributed by atoms with E-state index in [-0.39, 0.29) is 10.8 Å². The molecule has 0 radical (unpaired) electrons. The third-order valence-corrected chi connectivity index (χ3v) is 25.0. The standard InChI is InChI=1S/C57H38.C53H36/c1-57(2)52-34-39-16-4-3-15-38(39)32-50(52)49-25-13-24-42(56(49)57)36-26-29-37(30-27-36)53-45-20-9-11-22-47(45)55(48-23-12-10-21-46(48)53)51-33-40-31-28-35-14-5-6-17-41(35)54(40)44-19-8-7-18-43(44)51;1-53(2)49-32-36-15-4-3-14-35(36)30-47(49)46-25-13-24-39(52(46)53)33-26-28-34(29-27-33)50-42-20-9-11-22-44(42)51(45-23-12-10-21-43(45)50)48-31-37-16-5-6-17-38(37)40-18-7-8-19-41(40)48/h3-34H,1-2H3;3-32H,1-2H3. The summed E-state index contributed by atoms with van der Waals surface area (Å²) >= 11 is 0. The van der Waals surface area contributed by atoms with E-state index in [9.17, 15) is 0 Å². The molecule has 0 bridgehead atoms. The van der Waals surface area contributed by atoms with E-state index in [1.165, 1.54) is 230 Å². The van der Waals surface area contributed by atoms with E-state index in [0.717, 1.165) is 0 Å². The Bertz CT molecular complexity index is 7370. The third-order valence-electron chi connectivity index (χ3n) is 25.0. The molecule has 23 rings (SSSR count). The zero-order valence-corrected chi connectivity index (χ0v) is 61.8. The summed E-state index contributed by atoms with van der Waals surface area (Å²) in [6.07, 6.45) is 0. The van der Waals surface area contributed by atoms with Crippen LogP contribution in [-0.4, -0.2) is 0 Å². The molecule has 2 aliphatic carbocycles. The van der Waals surface area contributed by atoms with Gasteiger partial charge >= 0.3 is 0 Å². The van der Waals surface area contributed by atoms with Gasteiger partial charge in [-0.25, -0.2) is 0 Å². The average molecular weight is 1400 g/mol. The van der Waals surface area contributed by atoms with Crippen LogP contribution in [0.4, 0.5) is 0 Å². The molecule has 0 heterocycles. The summed E-state index contributed by atoms with van der Waals surface area (Å²) in [6, 6.07) is 141. The molecule has 21 aromatic rings. The Morgan fingerprint density at radius 3 is 0.864 bits per heavy atom. The van der Waals surface area contributed by atoms with Gasteiger partial charge in [-0.15, -0.1) is 0 Å². The Morgan fingerprint density at radius 1 is 0.155 bits per heavy atom. The van der Waals surface area contributed by atoms with Gasteiger partial charge in [-0.05, 0) is 266 Å². The van der Waals surface area contributed by atoms with Crippen molar-refractivity contribution in [1.29, 1.82) is 0 Å². The van der Waals surface area contributed by atoms with Crippen molar-refractivity contribution >= 4 is 118 Å². The number of benzene rings is 21. The maximum atomic E-state index is 2.44. The molecule has 110 heavy (non-hydrogen) atoms. The van der Waals surface area contributed by atoms with Gasteiger partial charge in [0.2, 0.25) is 0 Å². The Morgan fingerprint density at radius 2 is 0.436 bits per heavy atom. The fourth-order valence-corrected chi connectivity index (χ4v) is 20.0. The molecule has 0 spiro atoms.